The second kappa shape index (κ2) is 8.96. The smallest absolute Gasteiger partial charge is 0.270 e. The molecule has 0 saturated carbocycles. The number of anilines is 1. The number of benzene rings is 1. The Labute approximate surface area is 126 Å². The quantitative estimate of drug-likeness (QED) is 0.413. The Hall–Kier alpha value is -2.09. The fraction of sp³-hybridized carbons (Fsp3) is 0.562. The zero-order chi connectivity index (χ0) is 15.7. The highest BCUT2D eigenvalue weighted by atomic mass is 16.6. The van der Waals surface area contributed by atoms with Gasteiger partial charge in [0, 0.05) is 18.7 Å². The minimum atomic E-state index is -0.487. The monoisotopic (exact) mass is 289 g/mol. The molecule has 114 valence electrons. The number of nitriles is 1. The van der Waals surface area contributed by atoms with Gasteiger partial charge in [-0.15, -0.1) is 0 Å². The number of nitro groups is 1. The summed E-state index contributed by atoms with van der Waals surface area (Å²) in [7, 11) is 0. The Bertz CT molecular complexity index is 507. The molecule has 0 aliphatic heterocycles. The Kier molecular flexibility index (Phi) is 7.24. The van der Waals surface area contributed by atoms with E-state index in [0.717, 1.165) is 25.3 Å². The van der Waals surface area contributed by atoms with Crippen LogP contribution >= 0.6 is 0 Å². The van der Waals surface area contributed by atoms with Gasteiger partial charge >= 0.3 is 0 Å². The van der Waals surface area contributed by atoms with Gasteiger partial charge in [-0.3, -0.25) is 10.1 Å². The highest BCUT2D eigenvalue weighted by Crippen LogP contribution is 2.21. The van der Waals surface area contributed by atoms with Crippen LogP contribution in [0.5, 0.6) is 0 Å². The molecule has 0 amide bonds. The minimum Gasteiger partial charge on any atom is -0.384 e. The first-order chi connectivity index (χ1) is 10.0. The van der Waals surface area contributed by atoms with E-state index in [1.54, 1.807) is 6.07 Å². The lowest BCUT2D eigenvalue weighted by atomic mass is 10.0. The molecule has 0 aromatic heterocycles. The van der Waals surface area contributed by atoms with Crippen LogP contribution in [0.3, 0.4) is 0 Å². The molecular formula is C16H23N3O2. The van der Waals surface area contributed by atoms with E-state index in [9.17, 15) is 10.1 Å². The molecule has 5 nitrogen and oxygen atoms in total. The second-order valence-corrected chi connectivity index (χ2v) is 5.62. The van der Waals surface area contributed by atoms with Crippen molar-refractivity contribution in [3.05, 3.63) is 33.9 Å². The standard InChI is InChI=1S/C16H23N3O2/c1-13(2)7-5-3-4-6-10-18-16-9-8-15(19(20)21)11-14(16)12-17/h8-9,11,13,18H,3-7,10H2,1-2H3. The van der Waals surface area contributed by atoms with Gasteiger partial charge in [0.2, 0.25) is 0 Å². The van der Waals surface area contributed by atoms with E-state index in [1.807, 2.05) is 6.07 Å². The summed E-state index contributed by atoms with van der Waals surface area (Å²) in [6, 6.07) is 6.34. The molecule has 0 atom stereocenters. The van der Waals surface area contributed by atoms with Crippen LogP contribution in [0.1, 0.15) is 51.5 Å². The minimum absolute atomic E-state index is 0.0502. The van der Waals surface area contributed by atoms with Crippen LogP contribution in [0.2, 0.25) is 0 Å². The van der Waals surface area contributed by atoms with E-state index < -0.39 is 4.92 Å². The fourth-order valence-corrected chi connectivity index (χ4v) is 2.15. The number of non-ortho nitro benzene ring substituents is 1. The fourth-order valence-electron chi connectivity index (χ4n) is 2.15. The van der Waals surface area contributed by atoms with Gasteiger partial charge in [-0.25, -0.2) is 0 Å². The summed E-state index contributed by atoms with van der Waals surface area (Å²) in [5.41, 5.74) is 0.945. The average Bonchev–Trinajstić information content (AvgIpc) is 2.45. The van der Waals surface area contributed by atoms with Gasteiger partial charge in [0.25, 0.3) is 5.69 Å². The second-order valence-electron chi connectivity index (χ2n) is 5.62. The number of rotatable bonds is 9. The molecule has 0 radical (unpaired) electrons. The van der Waals surface area contributed by atoms with Gasteiger partial charge in [0.15, 0.2) is 0 Å². The molecule has 1 aromatic carbocycles. The Morgan fingerprint density at radius 2 is 2.00 bits per heavy atom. The van der Waals surface area contributed by atoms with Crippen LogP contribution in [0.25, 0.3) is 0 Å². The molecule has 1 N–H and O–H groups in total. The third-order valence-electron chi connectivity index (χ3n) is 3.36. The van der Waals surface area contributed by atoms with Crippen molar-refractivity contribution in [1.82, 2.24) is 0 Å². The molecule has 0 unspecified atom stereocenters. The first-order valence-electron chi connectivity index (χ1n) is 7.47. The SMILES string of the molecule is CC(C)CCCCCCNc1ccc([N+](=O)[O-])cc1C#N. The molecule has 0 spiro atoms. The first-order valence-corrected chi connectivity index (χ1v) is 7.47. The number of nitro benzene ring substituents is 1. The van der Waals surface area contributed by atoms with Crippen LogP contribution in [0.15, 0.2) is 18.2 Å². The average molecular weight is 289 g/mol. The van der Waals surface area contributed by atoms with Crippen molar-refractivity contribution in [1.29, 1.82) is 5.26 Å². The Balaban J connectivity index is 2.35. The zero-order valence-corrected chi connectivity index (χ0v) is 12.8. The lowest BCUT2D eigenvalue weighted by Gasteiger charge is -2.08. The maximum absolute atomic E-state index is 10.7. The molecule has 0 aliphatic carbocycles. The molecule has 1 rings (SSSR count). The predicted octanol–water partition coefficient (Wildman–Crippen LogP) is 4.48. The number of nitrogens with one attached hydrogen (secondary N) is 1. The highest BCUT2D eigenvalue weighted by Gasteiger charge is 2.10. The van der Waals surface area contributed by atoms with Crippen molar-refractivity contribution in [3.63, 3.8) is 0 Å². The number of hydrogen-bond acceptors (Lipinski definition) is 4. The Morgan fingerprint density at radius 1 is 1.29 bits per heavy atom. The van der Waals surface area contributed by atoms with Crippen LogP contribution in [0.4, 0.5) is 11.4 Å². The molecule has 5 heteroatoms. The molecule has 0 aliphatic rings. The van der Waals surface area contributed by atoms with Crippen LogP contribution in [-0.4, -0.2) is 11.5 Å². The van der Waals surface area contributed by atoms with E-state index in [2.05, 4.69) is 19.2 Å². The number of nitrogens with zero attached hydrogens (tertiary/aromatic N) is 2. The lowest BCUT2D eigenvalue weighted by molar-refractivity contribution is -0.384. The molecule has 21 heavy (non-hydrogen) atoms. The summed E-state index contributed by atoms with van der Waals surface area (Å²) in [6.07, 6.45) is 5.97. The molecule has 1 aromatic rings. The van der Waals surface area contributed by atoms with Crippen molar-refractivity contribution >= 4 is 11.4 Å². The van der Waals surface area contributed by atoms with E-state index in [1.165, 1.54) is 31.4 Å². The number of hydrogen-bond donors (Lipinski definition) is 1. The summed E-state index contributed by atoms with van der Waals surface area (Å²) in [5.74, 6) is 0.765. The first kappa shape index (κ1) is 17.0. The summed E-state index contributed by atoms with van der Waals surface area (Å²) in [5, 5.41) is 22.9. The third-order valence-corrected chi connectivity index (χ3v) is 3.36. The van der Waals surface area contributed by atoms with Crippen LogP contribution in [0, 0.1) is 27.4 Å². The van der Waals surface area contributed by atoms with Gasteiger partial charge in [0.05, 0.1) is 16.2 Å². The maximum Gasteiger partial charge on any atom is 0.270 e. The maximum atomic E-state index is 10.7. The van der Waals surface area contributed by atoms with Gasteiger partial charge in [-0.2, -0.15) is 5.26 Å². The lowest BCUT2D eigenvalue weighted by Crippen LogP contribution is -2.03. The molecular weight excluding hydrogens is 266 g/mol. The molecule has 0 saturated heterocycles. The van der Waals surface area contributed by atoms with Crippen molar-refractivity contribution < 1.29 is 4.92 Å². The van der Waals surface area contributed by atoms with E-state index >= 15 is 0 Å². The largest absolute Gasteiger partial charge is 0.384 e. The van der Waals surface area contributed by atoms with Gasteiger partial charge < -0.3 is 5.32 Å². The molecule has 0 heterocycles. The zero-order valence-electron chi connectivity index (χ0n) is 12.8. The van der Waals surface area contributed by atoms with E-state index in [4.69, 9.17) is 5.26 Å². The number of unbranched alkanes of at least 4 members (excludes halogenated alkanes) is 3. The van der Waals surface area contributed by atoms with Gasteiger partial charge in [-0.05, 0) is 18.4 Å². The van der Waals surface area contributed by atoms with Gasteiger partial charge in [-0.1, -0.05) is 39.5 Å². The van der Waals surface area contributed by atoms with E-state index in [0.29, 0.717) is 11.3 Å². The Morgan fingerprint density at radius 3 is 2.62 bits per heavy atom. The predicted molar refractivity (Wildman–Crippen MR) is 84.2 cm³/mol. The summed E-state index contributed by atoms with van der Waals surface area (Å²) in [6.45, 7) is 5.26. The third kappa shape index (κ3) is 6.26. The topological polar surface area (TPSA) is 79.0 Å². The molecule has 0 fully saturated rings. The van der Waals surface area contributed by atoms with Crippen molar-refractivity contribution in [3.8, 4) is 6.07 Å². The summed E-state index contributed by atoms with van der Waals surface area (Å²) in [4.78, 5) is 10.2. The van der Waals surface area contributed by atoms with Crippen LogP contribution in [-0.2, 0) is 0 Å². The molecule has 0 bridgehead atoms. The van der Waals surface area contributed by atoms with Crippen molar-refractivity contribution in [2.45, 2.75) is 46.0 Å². The van der Waals surface area contributed by atoms with Crippen molar-refractivity contribution in [2.75, 3.05) is 11.9 Å². The normalized spacial score (nSPS) is 10.4. The van der Waals surface area contributed by atoms with Crippen LogP contribution < -0.4 is 5.32 Å². The summed E-state index contributed by atoms with van der Waals surface area (Å²) >= 11 is 0. The van der Waals surface area contributed by atoms with Crippen molar-refractivity contribution in [2.24, 2.45) is 5.92 Å². The highest BCUT2D eigenvalue weighted by molar-refractivity contribution is 5.61. The van der Waals surface area contributed by atoms with E-state index in [-0.39, 0.29) is 5.69 Å². The summed E-state index contributed by atoms with van der Waals surface area (Å²) < 4.78 is 0. The van der Waals surface area contributed by atoms with Gasteiger partial charge in [0.1, 0.15) is 6.07 Å².